The molecule has 0 aliphatic carbocycles. The van der Waals surface area contributed by atoms with E-state index in [1.807, 2.05) is 37.2 Å². The zero-order chi connectivity index (χ0) is 26.6. The van der Waals surface area contributed by atoms with Crippen molar-refractivity contribution < 1.29 is 13.9 Å². The predicted octanol–water partition coefficient (Wildman–Crippen LogP) is 3.42. The summed E-state index contributed by atoms with van der Waals surface area (Å²) in [6.07, 6.45) is 1.82. The molecule has 0 unspecified atom stereocenters. The molecule has 1 aliphatic rings. The SMILES string of the molecule is CN(C)CCn1c(=O)oc2ccc(-c3cc4sc(C[C@H](C#N)NC(=O)[C@@H]5CNCCCCO5)cc4s3)cc21. The van der Waals surface area contributed by atoms with Crippen molar-refractivity contribution >= 4 is 49.1 Å². The van der Waals surface area contributed by atoms with Crippen LogP contribution in [0.1, 0.15) is 17.7 Å². The van der Waals surface area contributed by atoms with E-state index in [0.717, 1.165) is 56.2 Å². The van der Waals surface area contributed by atoms with Gasteiger partial charge in [0.15, 0.2) is 5.58 Å². The second kappa shape index (κ2) is 11.8. The highest BCUT2D eigenvalue weighted by Gasteiger charge is 2.23. The van der Waals surface area contributed by atoms with Crippen molar-refractivity contribution in [2.45, 2.75) is 38.0 Å². The Morgan fingerprint density at radius 1 is 1.26 bits per heavy atom. The summed E-state index contributed by atoms with van der Waals surface area (Å²) in [4.78, 5) is 29.2. The summed E-state index contributed by atoms with van der Waals surface area (Å²) in [5, 5.41) is 15.8. The Bertz CT molecular complexity index is 1490. The van der Waals surface area contributed by atoms with Gasteiger partial charge in [-0.05, 0) is 69.4 Å². The van der Waals surface area contributed by atoms with E-state index >= 15 is 0 Å². The summed E-state index contributed by atoms with van der Waals surface area (Å²) in [7, 11) is 3.95. The van der Waals surface area contributed by atoms with Crippen LogP contribution in [0.25, 0.3) is 30.9 Å². The Labute approximate surface area is 228 Å². The van der Waals surface area contributed by atoms with Gasteiger partial charge < -0.3 is 24.7 Å². The van der Waals surface area contributed by atoms with Gasteiger partial charge in [0, 0.05) is 51.8 Å². The number of hydrogen-bond donors (Lipinski definition) is 2. The molecule has 3 aromatic heterocycles. The van der Waals surface area contributed by atoms with E-state index in [-0.39, 0.29) is 11.7 Å². The zero-order valence-electron chi connectivity index (χ0n) is 21.5. The molecule has 0 radical (unpaired) electrons. The van der Waals surface area contributed by atoms with Gasteiger partial charge in [-0.25, -0.2) is 4.79 Å². The third-order valence-corrected chi connectivity index (χ3v) is 8.91. The Balaban J connectivity index is 1.29. The van der Waals surface area contributed by atoms with Gasteiger partial charge in [0.2, 0.25) is 0 Å². The van der Waals surface area contributed by atoms with Crippen LogP contribution in [0.3, 0.4) is 0 Å². The van der Waals surface area contributed by atoms with Crippen LogP contribution in [-0.2, 0) is 22.5 Å². The molecule has 200 valence electrons. The lowest BCUT2D eigenvalue weighted by atomic mass is 10.1. The molecule has 1 aromatic carbocycles. The monoisotopic (exact) mass is 553 g/mol. The van der Waals surface area contributed by atoms with Crippen LogP contribution in [-0.4, -0.2) is 67.9 Å². The molecule has 11 heteroatoms. The van der Waals surface area contributed by atoms with E-state index in [4.69, 9.17) is 9.15 Å². The number of benzene rings is 1. The van der Waals surface area contributed by atoms with E-state index < -0.39 is 12.1 Å². The summed E-state index contributed by atoms with van der Waals surface area (Å²) in [5.41, 5.74) is 2.41. The third kappa shape index (κ3) is 6.00. The van der Waals surface area contributed by atoms with Crippen LogP contribution in [0.4, 0.5) is 0 Å². The van der Waals surface area contributed by atoms with Crippen LogP contribution in [0.15, 0.2) is 39.5 Å². The van der Waals surface area contributed by atoms with Gasteiger partial charge in [-0.3, -0.25) is 9.36 Å². The molecule has 0 bridgehead atoms. The number of fused-ring (bicyclic) bond motifs is 2. The minimum atomic E-state index is -0.619. The Hall–Kier alpha value is -3.01. The summed E-state index contributed by atoms with van der Waals surface area (Å²) in [6, 6.07) is 11.7. The summed E-state index contributed by atoms with van der Waals surface area (Å²) in [6.45, 7) is 3.19. The highest BCUT2D eigenvalue weighted by Crippen LogP contribution is 2.39. The maximum Gasteiger partial charge on any atom is 0.419 e. The normalized spacial score (nSPS) is 17.4. The molecule has 0 spiro atoms. The quantitative estimate of drug-likeness (QED) is 0.344. The van der Waals surface area contributed by atoms with Crippen molar-refractivity contribution in [3.8, 4) is 16.5 Å². The molecule has 1 saturated heterocycles. The number of aromatic nitrogens is 1. The van der Waals surface area contributed by atoms with Crippen LogP contribution in [0, 0.1) is 11.3 Å². The standard InChI is InChI=1S/C27H31N5O4S2/c1-31(2)8-9-32-20-11-17(5-6-21(20)36-27(32)34)23-14-25-24(38-23)13-19(37-25)12-18(15-28)30-26(33)22-16-29-7-3-4-10-35-22/h5-6,11,13-14,18,22,29H,3-4,7-10,12,16H2,1-2H3,(H,30,33)/t18-,22+/m1/s1. The summed E-state index contributed by atoms with van der Waals surface area (Å²) < 4.78 is 15.1. The first-order valence-corrected chi connectivity index (χ1v) is 14.4. The Morgan fingerprint density at radius 3 is 2.89 bits per heavy atom. The summed E-state index contributed by atoms with van der Waals surface area (Å²) >= 11 is 3.30. The van der Waals surface area contributed by atoms with Gasteiger partial charge in [0.25, 0.3) is 5.91 Å². The average Bonchev–Trinajstić information content (AvgIpc) is 3.52. The largest absolute Gasteiger partial charge is 0.419 e. The number of rotatable bonds is 8. The number of oxazole rings is 1. The molecule has 0 saturated carbocycles. The fourth-order valence-corrected chi connectivity index (χ4v) is 6.95. The fraction of sp³-hybridized carbons (Fsp3) is 0.444. The molecular formula is C27H31N5O4S2. The van der Waals surface area contributed by atoms with Gasteiger partial charge in [-0.15, -0.1) is 22.7 Å². The first kappa shape index (κ1) is 26.6. The molecule has 4 heterocycles. The number of carbonyl (C=O) groups is 1. The molecule has 4 aromatic rings. The van der Waals surface area contributed by atoms with E-state index in [2.05, 4.69) is 28.8 Å². The van der Waals surface area contributed by atoms with Crippen molar-refractivity contribution in [3.63, 3.8) is 0 Å². The molecule has 5 rings (SSSR count). The second-order valence-corrected chi connectivity index (χ2v) is 12.0. The van der Waals surface area contributed by atoms with Crippen LogP contribution in [0.2, 0.25) is 0 Å². The highest BCUT2D eigenvalue weighted by atomic mass is 32.1. The summed E-state index contributed by atoms with van der Waals surface area (Å²) in [5.74, 6) is -0.586. The van der Waals surface area contributed by atoms with E-state index in [9.17, 15) is 14.9 Å². The minimum Gasteiger partial charge on any atom is -0.408 e. The van der Waals surface area contributed by atoms with Crippen molar-refractivity contribution in [2.24, 2.45) is 0 Å². The van der Waals surface area contributed by atoms with Gasteiger partial charge in [0.05, 0.1) is 11.6 Å². The molecule has 1 fully saturated rings. The maximum absolute atomic E-state index is 12.7. The zero-order valence-corrected chi connectivity index (χ0v) is 23.1. The highest BCUT2D eigenvalue weighted by molar-refractivity contribution is 7.29. The number of carbonyl (C=O) groups excluding carboxylic acids is 1. The molecule has 9 nitrogen and oxygen atoms in total. The number of nitrogens with zero attached hydrogens (tertiary/aromatic N) is 3. The van der Waals surface area contributed by atoms with Crippen molar-refractivity contribution in [2.75, 3.05) is 40.3 Å². The van der Waals surface area contributed by atoms with Gasteiger partial charge in [-0.2, -0.15) is 5.26 Å². The van der Waals surface area contributed by atoms with Crippen LogP contribution >= 0.6 is 22.7 Å². The van der Waals surface area contributed by atoms with Crippen molar-refractivity contribution in [1.29, 1.82) is 5.26 Å². The van der Waals surface area contributed by atoms with Gasteiger partial charge in [-0.1, -0.05) is 0 Å². The van der Waals surface area contributed by atoms with Gasteiger partial charge >= 0.3 is 5.76 Å². The average molecular weight is 554 g/mol. The topological polar surface area (TPSA) is 113 Å². The molecule has 2 atom stereocenters. The smallest absolute Gasteiger partial charge is 0.408 e. The van der Waals surface area contributed by atoms with Crippen molar-refractivity contribution in [3.05, 3.63) is 45.8 Å². The lowest BCUT2D eigenvalue weighted by Crippen LogP contribution is -2.47. The molecule has 2 N–H and O–H groups in total. The molecule has 1 aliphatic heterocycles. The van der Waals surface area contributed by atoms with Crippen LogP contribution < -0.4 is 16.4 Å². The number of hydrogen-bond acceptors (Lipinski definition) is 9. The number of thiophene rings is 2. The Kier molecular flexibility index (Phi) is 8.26. The van der Waals surface area contributed by atoms with Crippen LogP contribution in [0.5, 0.6) is 0 Å². The van der Waals surface area contributed by atoms with E-state index in [1.54, 1.807) is 27.2 Å². The maximum atomic E-state index is 12.7. The number of likely N-dealkylation sites (N-methyl/N-ethyl adjacent to an activating group) is 1. The molecular weight excluding hydrogens is 522 g/mol. The molecule has 38 heavy (non-hydrogen) atoms. The Morgan fingerprint density at radius 2 is 2.11 bits per heavy atom. The lowest BCUT2D eigenvalue weighted by Gasteiger charge is -2.22. The first-order chi connectivity index (χ1) is 18.4. The molecule has 1 amide bonds. The fourth-order valence-electron chi connectivity index (χ4n) is 4.49. The number of nitrogens with one attached hydrogen (secondary N) is 2. The number of ether oxygens (including phenoxy) is 1. The van der Waals surface area contributed by atoms with E-state index in [0.29, 0.717) is 31.7 Å². The minimum absolute atomic E-state index is 0.245. The number of amides is 1. The van der Waals surface area contributed by atoms with Crippen molar-refractivity contribution in [1.82, 2.24) is 20.1 Å². The van der Waals surface area contributed by atoms with Gasteiger partial charge in [0.1, 0.15) is 12.1 Å². The number of nitriles is 1. The third-order valence-electron chi connectivity index (χ3n) is 6.55. The lowest BCUT2D eigenvalue weighted by molar-refractivity contribution is -0.133. The van der Waals surface area contributed by atoms with E-state index in [1.165, 1.54) is 0 Å². The second-order valence-electron chi connectivity index (χ2n) is 9.72. The predicted molar refractivity (Wildman–Crippen MR) is 151 cm³/mol. The first-order valence-electron chi connectivity index (χ1n) is 12.7.